The smallest absolute Gasteiger partial charge is 0.243 e. The molecule has 0 spiro atoms. The number of hydrogen-bond donors (Lipinski definition) is 2. The lowest BCUT2D eigenvalue weighted by atomic mass is 10.3. The van der Waals surface area contributed by atoms with E-state index in [0.717, 1.165) is 13.0 Å². The molecule has 1 atom stereocenters. The van der Waals surface area contributed by atoms with Crippen LogP contribution in [0.15, 0.2) is 27.6 Å². The van der Waals surface area contributed by atoms with Crippen molar-refractivity contribution in [2.45, 2.75) is 17.4 Å². The van der Waals surface area contributed by atoms with Crippen molar-refractivity contribution in [1.82, 2.24) is 10.0 Å². The standard InChI is InChI=1S/C10H12BrFN2O2S/c11-8-2-1-3-9(10(8)12)17(15,16)14-7-4-5-13-6-7/h1-3,7,13-14H,4-6H2. The predicted molar refractivity (Wildman–Crippen MR) is 65.7 cm³/mol. The third-order valence-electron chi connectivity index (χ3n) is 2.59. The van der Waals surface area contributed by atoms with Gasteiger partial charge in [-0.05, 0) is 41.0 Å². The van der Waals surface area contributed by atoms with Crippen LogP contribution in [0.4, 0.5) is 4.39 Å². The molecule has 1 aromatic carbocycles. The average Bonchev–Trinajstić information content (AvgIpc) is 2.73. The zero-order chi connectivity index (χ0) is 12.5. The van der Waals surface area contributed by atoms with Gasteiger partial charge in [0.2, 0.25) is 10.0 Å². The molecule has 1 heterocycles. The molecule has 4 nitrogen and oxygen atoms in total. The summed E-state index contributed by atoms with van der Waals surface area (Å²) in [5.41, 5.74) is 0. The average molecular weight is 323 g/mol. The van der Waals surface area contributed by atoms with Crippen molar-refractivity contribution >= 4 is 26.0 Å². The lowest BCUT2D eigenvalue weighted by molar-refractivity contribution is 0.540. The maximum atomic E-state index is 13.7. The van der Waals surface area contributed by atoms with Crippen LogP contribution in [0.3, 0.4) is 0 Å². The largest absolute Gasteiger partial charge is 0.315 e. The molecule has 7 heteroatoms. The minimum atomic E-state index is -3.79. The number of nitrogens with one attached hydrogen (secondary N) is 2. The second kappa shape index (κ2) is 5.01. The van der Waals surface area contributed by atoms with E-state index >= 15 is 0 Å². The molecule has 1 aliphatic heterocycles. The molecule has 0 aromatic heterocycles. The zero-order valence-electron chi connectivity index (χ0n) is 8.91. The van der Waals surface area contributed by atoms with Crippen LogP contribution in [0, 0.1) is 5.82 Å². The van der Waals surface area contributed by atoms with Gasteiger partial charge in [0, 0.05) is 12.6 Å². The van der Waals surface area contributed by atoms with Gasteiger partial charge in [-0.25, -0.2) is 17.5 Å². The highest BCUT2D eigenvalue weighted by molar-refractivity contribution is 9.10. The summed E-state index contributed by atoms with van der Waals surface area (Å²) in [6.07, 6.45) is 0.717. The minimum absolute atomic E-state index is 0.143. The molecule has 2 rings (SSSR count). The van der Waals surface area contributed by atoms with Crippen molar-refractivity contribution in [1.29, 1.82) is 0 Å². The molecular formula is C10H12BrFN2O2S. The topological polar surface area (TPSA) is 58.2 Å². The summed E-state index contributed by atoms with van der Waals surface area (Å²) in [6.45, 7) is 1.35. The molecule has 0 radical (unpaired) electrons. The van der Waals surface area contributed by atoms with Crippen LogP contribution in [0.1, 0.15) is 6.42 Å². The molecule has 1 fully saturated rings. The summed E-state index contributed by atoms with van der Waals surface area (Å²) in [5, 5.41) is 3.04. The van der Waals surface area contributed by atoms with Crippen LogP contribution in [0.5, 0.6) is 0 Å². The molecule has 1 aromatic rings. The van der Waals surface area contributed by atoms with E-state index in [1.54, 1.807) is 0 Å². The number of benzene rings is 1. The Morgan fingerprint density at radius 2 is 2.24 bits per heavy atom. The van der Waals surface area contributed by atoms with Crippen LogP contribution < -0.4 is 10.0 Å². The highest BCUT2D eigenvalue weighted by Gasteiger charge is 2.25. The molecule has 1 aliphatic rings. The van der Waals surface area contributed by atoms with E-state index in [1.165, 1.54) is 18.2 Å². The van der Waals surface area contributed by atoms with E-state index in [0.29, 0.717) is 6.54 Å². The number of sulfonamides is 1. The molecule has 94 valence electrons. The van der Waals surface area contributed by atoms with Gasteiger partial charge in [-0.1, -0.05) is 6.07 Å². The zero-order valence-corrected chi connectivity index (χ0v) is 11.3. The van der Waals surface area contributed by atoms with Gasteiger partial charge >= 0.3 is 0 Å². The molecular weight excluding hydrogens is 311 g/mol. The molecule has 17 heavy (non-hydrogen) atoms. The van der Waals surface area contributed by atoms with Crippen molar-refractivity contribution in [3.63, 3.8) is 0 Å². The van der Waals surface area contributed by atoms with Gasteiger partial charge in [0.05, 0.1) is 4.47 Å². The van der Waals surface area contributed by atoms with Crippen molar-refractivity contribution in [3.05, 3.63) is 28.5 Å². The van der Waals surface area contributed by atoms with Crippen molar-refractivity contribution in [2.24, 2.45) is 0 Å². The summed E-state index contributed by atoms with van der Waals surface area (Å²) in [6, 6.07) is 4.05. The van der Waals surface area contributed by atoms with E-state index in [1.807, 2.05) is 0 Å². The molecule has 1 unspecified atom stereocenters. The van der Waals surface area contributed by atoms with Crippen LogP contribution in [0.25, 0.3) is 0 Å². The maximum Gasteiger partial charge on any atom is 0.243 e. The third kappa shape index (κ3) is 2.85. The lowest BCUT2D eigenvalue weighted by Gasteiger charge is -2.12. The Hall–Kier alpha value is -0.500. The fourth-order valence-electron chi connectivity index (χ4n) is 1.73. The first-order valence-electron chi connectivity index (χ1n) is 5.18. The second-order valence-corrected chi connectivity index (χ2v) is 6.40. The van der Waals surface area contributed by atoms with E-state index in [2.05, 4.69) is 26.0 Å². The van der Waals surface area contributed by atoms with Crippen molar-refractivity contribution in [3.8, 4) is 0 Å². The quantitative estimate of drug-likeness (QED) is 0.880. The molecule has 0 bridgehead atoms. The van der Waals surface area contributed by atoms with E-state index < -0.39 is 15.8 Å². The molecule has 1 saturated heterocycles. The Labute approximate surface area is 108 Å². The van der Waals surface area contributed by atoms with Crippen LogP contribution >= 0.6 is 15.9 Å². The number of rotatable bonds is 3. The van der Waals surface area contributed by atoms with Gasteiger partial charge < -0.3 is 5.32 Å². The first-order valence-corrected chi connectivity index (χ1v) is 7.45. The molecule has 0 aliphatic carbocycles. The monoisotopic (exact) mass is 322 g/mol. The number of halogens is 2. The van der Waals surface area contributed by atoms with Gasteiger partial charge in [-0.2, -0.15) is 0 Å². The van der Waals surface area contributed by atoms with E-state index in [9.17, 15) is 12.8 Å². The Bertz CT molecular complexity index is 515. The Balaban J connectivity index is 2.28. The summed E-state index contributed by atoms with van der Waals surface area (Å²) >= 11 is 2.97. The van der Waals surface area contributed by atoms with E-state index in [-0.39, 0.29) is 15.4 Å². The highest BCUT2D eigenvalue weighted by Crippen LogP contribution is 2.22. The van der Waals surface area contributed by atoms with E-state index in [4.69, 9.17) is 0 Å². The van der Waals surface area contributed by atoms with Gasteiger partial charge in [-0.3, -0.25) is 0 Å². The maximum absolute atomic E-state index is 13.7. The first kappa shape index (κ1) is 12.9. The number of hydrogen-bond acceptors (Lipinski definition) is 3. The second-order valence-electron chi connectivity index (χ2n) is 3.86. The molecule has 0 saturated carbocycles. The van der Waals surface area contributed by atoms with Gasteiger partial charge in [0.25, 0.3) is 0 Å². The minimum Gasteiger partial charge on any atom is -0.315 e. The summed E-state index contributed by atoms with van der Waals surface area (Å²) in [4.78, 5) is -0.321. The van der Waals surface area contributed by atoms with Crippen molar-refractivity contribution < 1.29 is 12.8 Å². The summed E-state index contributed by atoms with van der Waals surface area (Å²) in [7, 11) is -3.79. The van der Waals surface area contributed by atoms with Gasteiger partial charge in [-0.15, -0.1) is 0 Å². The van der Waals surface area contributed by atoms with Crippen LogP contribution in [0.2, 0.25) is 0 Å². The third-order valence-corrected chi connectivity index (χ3v) is 4.74. The fraction of sp³-hybridized carbons (Fsp3) is 0.400. The first-order chi connectivity index (χ1) is 8.00. The molecule has 2 N–H and O–H groups in total. The van der Waals surface area contributed by atoms with Crippen molar-refractivity contribution in [2.75, 3.05) is 13.1 Å². The SMILES string of the molecule is O=S(=O)(NC1CCNC1)c1cccc(Br)c1F. The summed E-state index contributed by atoms with van der Waals surface area (Å²) in [5.74, 6) is -0.758. The predicted octanol–water partition coefficient (Wildman–Crippen LogP) is 1.23. The normalized spacial score (nSPS) is 20.7. The van der Waals surface area contributed by atoms with Gasteiger partial charge in [0.1, 0.15) is 4.90 Å². The summed E-state index contributed by atoms with van der Waals surface area (Å²) < 4.78 is 40.2. The van der Waals surface area contributed by atoms with Gasteiger partial charge in [0.15, 0.2) is 5.82 Å². The van der Waals surface area contributed by atoms with Crippen LogP contribution in [-0.2, 0) is 10.0 Å². The lowest BCUT2D eigenvalue weighted by Crippen LogP contribution is -2.36. The Morgan fingerprint density at radius 1 is 1.47 bits per heavy atom. The van der Waals surface area contributed by atoms with Crippen LogP contribution in [-0.4, -0.2) is 27.5 Å². The highest BCUT2D eigenvalue weighted by atomic mass is 79.9. The molecule has 0 amide bonds. The Morgan fingerprint density at radius 3 is 2.88 bits per heavy atom. The fourth-order valence-corrected chi connectivity index (χ4v) is 3.60. The Kier molecular flexibility index (Phi) is 3.82.